The predicted molar refractivity (Wildman–Crippen MR) is 52.5 cm³/mol. The number of hydrogen-bond donors (Lipinski definition) is 1. The van der Waals surface area contributed by atoms with Gasteiger partial charge in [0.25, 0.3) is 0 Å². The number of anilines is 1. The van der Waals surface area contributed by atoms with Gasteiger partial charge in [0.05, 0.1) is 16.3 Å². The van der Waals surface area contributed by atoms with Crippen LogP contribution in [0, 0.1) is 0 Å². The van der Waals surface area contributed by atoms with E-state index in [9.17, 15) is 13.6 Å². The minimum Gasteiger partial charge on any atom is -0.434 e. The van der Waals surface area contributed by atoms with Crippen LogP contribution in [0.25, 0.3) is 0 Å². The molecule has 15 heavy (non-hydrogen) atoms. The van der Waals surface area contributed by atoms with Crippen molar-refractivity contribution in [2.45, 2.75) is 13.5 Å². The summed E-state index contributed by atoms with van der Waals surface area (Å²) in [5.74, 6) is -0.745. The highest BCUT2D eigenvalue weighted by Gasteiger charge is 2.17. The molecule has 2 N–H and O–H groups in total. The maximum absolute atomic E-state index is 12.0. The van der Waals surface area contributed by atoms with Crippen molar-refractivity contribution >= 4 is 23.1 Å². The van der Waals surface area contributed by atoms with Gasteiger partial charge in [-0.1, -0.05) is 11.6 Å². The molecule has 0 saturated heterocycles. The number of benzene rings is 1. The molecule has 0 aliphatic rings. The molecule has 3 nitrogen and oxygen atoms in total. The summed E-state index contributed by atoms with van der Waals surface area (Å²) in [5.41, 5.74) is 5.31. The van der Waals surface area contributed by atoms with Crippen molar-refractivity contribution in [2.75, 3.05) is 5.73 Å². The van der Waals surface area contributed by atoms with Crippen LogP contribution in [0.5, 0.6) is 5.75 Å². The third-order valence-corrected chi connectivity index (χ3v) is 2.05. The third kappa shape index (κ3) is 2.56. The minimum atomic E-state index is -3.01. The van der Waals surface area contributed by atoms with E-state index in [0.717, 1.165) is 0 Å². The fourth-order valence-electron chi connectivity index (χ4n) is 1.13. The second kappa shape index (κ2) is 4.44. The van der Waals surface area contributed by atoms with E-state index in [0.29, 0.717) is 0 Å². The summed E-state index contributed by atoms with van der Waals surface area (Å²) < 4.78 is 28.1. The molecule has 1 aromatic carbocycles. The number of nitrogens with two attached hydrogens (primary N) is 1. The summed E-state index contributed by atoms with van der Waals surface area (Å²) in [6.07, 6.45) is 0. The summed E-state index contributed by atoms with van der Waals surface area (Å²) in [7, 11) is 0. The molecule has 0 unspecified atom stereocenters. The molecule has 0 aliphatic heterocycles. The first-order chi connectivity index (χ1) is 6.93. The Balaban J connectivity index is 3.27. The van der Waals surface area contributed by atoms with E-state index in [1.807, 2.05) is 0 Å². The smallest absolute Gasteiger partial charge is 0.387 e. The molecule has 0 spiro atoms. The van der Waals surface area contributed by atoms with Gasteiger partial charge in [-0.25, -0.2) is 0 Å². The van der Waals surface area contributed by atoms with E-state index in [-0.39, 0.29) is 22.0 Å². The number of carbonyl (C=O) groups is 1. The van der Waals surface area contributed by atoms with Crippen molar-refractivity contribution in [3.05, 3.63) is 22.7 Å². The number of Topliss-reactive ketones (excluding diaryl/α,β-unsaturated/α-hetero) is 1. The largest absolute Gasteiger partial charge is 0.434 e. The van der Waals surface area contributed by atoms with Crippen molar-refractivity contribution in [3.63, 3.8) is 0 Å². The Kier molecular flexibility index (Phi) is 3.47. The summed E-state index contributed by atoms with van der Waals surface area (Å²) in [6, 6.07) is 2.47. The number of nitrogen functional groups attached to an aromatic ring is 1. The molecule has 1 aromatic rings. The van der Waals surface area contributed by atoms with E-state index >= 15 is 0 Å². The molecule has 0 aliphatic carbocycles. The number of ketones is 1. The van der Waals surface area contributed by atoms with Gasteiger partial charge in [0, 0.05) is 0 Å². The molecular weight excluding hydrogens is 228 g/mol. The lowest BCUT2D eigenvalue weighted by molar-refractivity contribution is -0.0500. The second-order valence-electron chi connectivity index (χ2n) is 2.77. The first-order valence-corrected chi connectivity index (χ1v) is 4.35. The number of hydrogen-bond acceptors (Lipinski definition) is 3. The molecule has 0 bridgehead atoms. The Morgan fingerprint density at radius 2 is 2.13 bits per heavy atom. The first kappa shape index (κ1) is 11.7. The van der Waals surface area contributed by atoms with Gasteiger partial charge in [-0.3, -0.25) is 4.79 Å². The van der Waals surface area contributed by atoms with E-state index in [2.05, 4.69) is 4.74 Å². The number of ether oxygens (including phenoxy) is 1. The normalized spacial score (nSPS) is 10.5. The fourth-order valence-corrected chi connectivity index (χ4v) is 1.29. The van der Waals surface area contributed by atoms with Crippen LogP contribution in [0.1, 0.15) is 17.3 Å². The number of carbonyl (C=O) groups excluding carboxylic acids is 1. The Bertz CT molecular complexity index is 396. The average molecular weight is 236 g/mol. The summed E-state index contributed by atoms with van der Waals surface area (Å²) >= 11 is 5.65. The van der Waals surface area contributed by atoms with Crippen LogP contribution in [0.3, 0.4) is 0 Å². The van der Waals surface area contributed by atoms with Crippen LogP contribution in [0.15, 0.2) is 12.1 Å². The lowest BCUT2D eigenvalue weighted by atomic mass is 10.1. The lowest BCUT2D eigenvalue weighted by Gasteiger charge is -2.11. The van der Waals surface area contributed by atoms with Crippen LogP contribution >= 0.6 is 11.6 Å². The van der Waals surface area contributed by atoms with Crippen molar-refractivity contribution in [2.24, 2.45) is 0 Å². The molecular formula is C9H8ClF2NO2. The van der Waals surface area contributed by atoms with Crippen LogP contribution < -0.4 is 10.5 Å². The van der Waals surface area contributed by atoms with E-state index in [1.165, 1.54) is 19.1 Å². The Labute approximate surface area is 89.8 Å². The fraction of sp³-hybridized carbons (Fsp3) is 0.222. The van der Waals surface area contributed by atoms with Crippen LogP contribution in [0.2, 0.25) is 5.02 Å². The maximum Gasteiger partial charge on any atom is 0.387 e. The van der Waals surface area contributed by atoms with Gasteiger partial charge < -0.3 is 10.5 Å². The molecule has 6 heteroatoms. The van der Waals surface area contributed by atoms with Crippen LogP contribution in [0.4, 0.5) is 14.5 Å². The van der Waals surface area contributed by atoms with Gasteiger partial charge in [0.1, 0.15) is 5.75 Å². The van der Waals surface area contributed by atoms with E-state index in [4.69, 9.17) is 17.3 Å². The van der Waals surface area contributed by atoms with Gasteiger partial charge in [0.2, 0.25) is 0 Å². The van der Waals surface area contributed by atoms with Crippen LogP contribution in [-0.2, 0) is 0 Å². The maximum atomic E-state index is 12.0. The zero-order chi connectivity index (χ0) is 11.6. The molecule has 0 fully saturated rings. The van der Waals surface area contributed by atoms with Crippen molar-refractivity contribution in [1.82, 2.24) is 0 Å². The van der Waals surface area contributed by atoms with Crippen molar-refractivity contribution in [3.8, 4) is 5.75 Å². The highest BCUT2D eigenvalue weighted by atomic mass is 35.5. The highest BCUT2D eigenvalue weighted by molar-refractivity contribution is 6.34. The van der Waals surface area contributed by atoms with Crippen LogP contribution in [-0.4, -0.2) is 12.4 Å². The third-order valence-electron chi connectivity index (χ3n) is 1.72. The Morgan fingerprint density at radius 3 is 2.60 bits per heavy atom. The van der Waals surface area contributed by atoms with E-state index in [1.54, 1.807) is 0 Å². The molecule has 82 valence electrons. The molecule has 0 amide bonds. The van der Waals surface area contributed by atoms with Crippen molar-refractivity contribution < 1.29 is 18.3 Å². The minimum absolute atomic E-state index is 0.0534. The SMILES string of the molecule is CC(=O)c1c(OC(F)F)ccc(Cl)c1N. The molecule has 0 atom stereocenters. The standard InChI is InChI=1S/C9H8ClF2NO2/c1-4(14)7-6(15-9(11)12)3-2-5(10)8(7)13/h2-3,9H,13H2,1H3. The number of alkyl halides is 2. The Morgan fingerprint density at radius 1 is 1.53 bits per heavy atom. The quantitative estimate of drug-likeness (QED) is 0.647. The second-order valence-corrected chi connectivity index (χ2v) is 3.18. The predicted octanol–water partition coefficient (Wildman–Crippen LogP) is 2.73. The number of rotatable bonds is 3. The van der Waals surface area contributed by atoms with Crippen molar-refractivity contribution in [1.29, 1.82) is 0 Å². The van der Waals surface area contributed by atoms with Gasteiger partial charge in [-0.15, -0.1) is 0 Å². The summed E-state index contributed by atoms with van der Waals surface area (Å²) in [6.45, 7) is -1.82. The first-order valence-electron chi connectivity index (χ1n) is 3.97. The molecule has 0 radical (unpaired) electrons. The zero-order valence-corrected chi connectivity index (χ0v) is 8.52. The lowest BCUT2D eigenvalue weighted by Crippen LogP contribution is -2.09. The number of halogens is 3. The highest BCUT2D eigenvalue weighted by Crippen LogP contribution is 2.32. The molecule has 0 heterocycles. The Hall–Kier alpha value is -1.36. The summed E-state index contributed by atoms with van der Waals surface area (Å²) in [5, 5.41) is 0.127. The van der Waals surface area contributed by atoms with E-state index < -0.39 is 12.4 Å². The van der Waals surface area contributed by atoms with Gasteiger partial charge in [-0.05, 0) is 19.1 Å². The molecule has 0 saturated carbocycles. The molecule has 1 rings (SSSR count). The van der Waals surface area contributed by atoms with Gasteiger partial charge in [0.15, 0.2) is 5.78 Å². The van der Waals surface area contributed by atoms with Gasteiger partial charge in [-0.2, -0.15) is 8.78 Å². The summed E-state index contributed by atoms with van der Waals surface area (Å²) in [4.78, 5) is 11.2. The monoisotopic (exact) mass is 235 g/mol. The average Bonchev–Trinajstić information content (AvgIpc) is 2.10. The zero-order valence-electron chi connectivity index (χ0n) is 7.76. The topological polar surface area (TPSA) is 52.3 Å². The van der Waals surface area contributed by atoms with Gasteiger partial charge >= 0.3 is 6.61 Å². The molecule has 0 aromatic heterocycles.